The smallest absolute Gasteiger partial charge is 0.337 e. The van der Waals surface area contributed by atoms with Crippen molar-refractivity contribution in [3.63, 3.8) is 0 Å². The lowest BCUT2D eigenvalue weighted by Gasteiger charge is -2.30. The number of hydrogen-bond donors (Lipinski definition) is 1. The molecule has 2 aliphatic heterocycles. The summed E-state index contributed by atoms with van der Waals surface area (Å²) in [7, 11) is 1.57. The minimum Gasteiger partial charge on any atom is -0.496 e. The van der Waals surface area contributed by atoms with Crippen LogP contribution >= 0.6 is 0 Å². The Bertz CT molecular complexity index is 1590. The number of anilines is 1. The normalized spacial score (nSPS) is 15.1. The number of aliphatic carboxylic acids is 1. The van der Waals surface area contributed by atoms with Crippen LogP contribution in [0.2, 0.25) is 0 Å². The fourth-order valence-electron chi connectivity index (χ4n) is 6.27. The number of aryl methyl sites for hydroxylation is 1. The highest BCUT2D eigenvalue weighted by atomic mass is 19.1. The lowest BCUT2D eigenvalue weighted by molar-refractivity contribution is -0.160. The molecule has 0 fully saturated rings. The largest absolute Gasteiger partial charge is 0.496 e. The van der Waals surface area contributed by atoms with Crippen LogP contribution in [-0.2, 0) is 22.4 Å². The monoisotopic (exact) mass is 575 g/mol. The van der Waals surface area contributed by atoms with E-state index in [1.165, 1.54) is 6.07 Å². The van der Waals surface area contributed by atoms with Gasteiger partial charge in [0.1, 0.15) is 5.75 Å². The molecule has 42 heavy (non-hydrogen) atoms. The number of ether oxygens (including phenoxy) is 3. The maximum absolute atomic E-state index is 15.6. The summed E-state index contributed by atoms with van der Waals surface area (Å²) >= 11 is 0. The van der Waals surface area contributed by atoms with Crippen molar-refractivity contribution in [1.29, 1.82) is 0 Å². The number of fused-ring (bicyclic) bond motifs is 2. The molecular weight excluding hydrogens is 537 g/mol. The zero-order valence-electron chi connectivity index (χ0n) is 25.3. The second kappa shape index (κ2) is 11.1. The van der Waals surface area contributed by atoms with Crippen LogP contribution in [0.4, 0.5) is 10.1 Å². The third-order valence-corrected chi connectivity index (χ3v) is 8.18. The predicted octanol–water partition coefficient (Wildman–Crippen LogP) is 6.90. The average molecular weight is 576 g/mol. The highest BCUT2D eigenvalue weighted by Crippen LogP contribution is 2.48. The second-order valence-corrected chi connectivity index (χ2v) is 12.1. The molecule has 0 saturated carbocycles. The van der Waals surface area contributed by atoms with Gasteiger partial charge in [-0.15, -0.1) is 0 Å². The van der Waals surface area contributed by atoms with Crippen molar-refractivity contribution >= 4 is 17.6 Å². The number of halogens is 1. The maximum atomic E-state index is 15.6. The third kappa shape index (κ3) is 5.13. The molecule has 3 aromatic carbocycles. The zero-order valence-corrected chi connectivity index (χ0v) is 25.3. The van der Waals surface area contributed by atoms with Gasteiger partial charge in [-0.3, -0.25) is 4.79 Å². The van der Waals surface area contributed by atoms with Crippen molar-refractivity contribution < 1.29 is 33.3 Å². The van der Waals surface area contributed by atoms with Crippen LogP contribution in [0.5, 0.6) is 11.5 Å². The molecular formula is C34H38FNO6. The molecule has 1 unspecified atom stereocenters. The van der Waals surface area contributed by atoms with E-state index in [-0.39, 0.29) is 11.7 Å². The first-order valence-electron chi connectivity index (χ1n) is 14.3. The molecule has 0 radical (unpaired) electrons. The van der Waals surface area contributed by atoms with Gasteiger partial charge in [0.05, 0.1) is 19.3 Å². The van der Waals surface area contributed by atoms with E-state index >= 15 is 4.39 Å². The Labute approximate surface area is 246 Å². The van der Waals surface area contributed by atoms with Gasteiger partial charge in [0, 0.05) is 34.5 Å². The summed E-state index contributed by atoms with van der Waals surface area (Å²) < 4.78 is 32.9. The fraction of sp³-hybridized carbons (Fsp3) is 0.412. The Balaban J connectivity index is 1.77. The predicted molar refractivity (Wildman–Crippen MR) is 159 cm³/mol. The van der Waals surface area contributed by atoms with E-state index in [1.54, 1.807) is 24.1 Å². The fourth-order valence-corrected chi connectivity index (χ4v) is 6.27. The number of carbonyl (C=O) groups excluding carboxylic acids is 1. The van der Waals surface area contributed by atoms with Crippen molar-refractivity contribution in [2.24, 2.45) is 0 Å². The number of carbonyl (C=O) groups is 2. The van der Waals surface area contributed by atoms with Crippen LogP contribution in [-0.4, -0.2) is 42.8 Å². The number of benzene rings is 3. The van der Waals surface area contributed by atoms with Gasteiger partial charge in [-0.2, -0.15) is 0 Å². The first-order chi connectivity index (χ1) is 19.8. The molecule has 2 heterocycles. The Kier molecular flexibility index (Phi) is 7.79. The summed E-state index contributed by atoms with van der Waals surface area (Å²) in [5, 5.41) is 10.4. The lowest BCUT2D eigenvalue weighted by Crippen LogP contribution is -2.30. The van der Waals surface area contributed by atoms with Crippen LogP contribution in [0.1, 0.15) is 77.0 Å². The summed E-state index contributed by atoms with van der Waals surface area (Å²) in [6, 6.07) is 8.70. The Hall–Kier alpha value is -3.91. The lowest BCUT2D eigenvalue weighted by atomic mass is 9.83. The van der Waals surface area contributed by atoms with E-state index in [0.717, 1.165) is 28.7 Å². The molecule has 0 aliphatic carbocycles. The van der Waals surface area contributed by atoms with Crippen molar-refractivity contribution in [3.8, 4) is 22.6 Å². The van der Waals surface area contributed by atoms with Gasteiger partial charge < -0.3 is 24.2 Å². The SMILES string of the molecule is COc1cccc(C(=O)N2CCc3c2cc(C)c(C(OC(C)(C)C)C(=O)O)c3-c2cc(F)c3c(c2C)CCCO3)c1C. The molecule has 0 saturated heterocycles. The molecule has 1 atom stereocenters. The minimum absolute atomic E-state index is 0.175. The number of methoxy groups -OCH3 is 1. The molecule has 7 nitrogen and oxygen atoms in total. The molecule has 222 valence electrons. The third-order valence-electron chi connectivity index (χ3n) is 8.18. The van der Waals surface area contributed by atoms with E-state index < -0.39 is 23.5 Å². The van der Waals surface area contributed by atoms with Crippen LogP contribution in [0.3, 0.4) is 0 Å². The number of carboxylic acid groups (broad SMARTS) is 1. The van der Waals surface area contributed by atoms with E-state index in [1.807, 2.05) is 53.7 Å². The van der Waals surface area contributed by atoms with Gasteiger partial charge in [0.25, 0.3) is 5.91 Å². The number of rotatable bonds is 6. The number of amides is 1. The Morgan fingerprint density at radius 1 is 1.07 bits per heavy atom. The molecule has 1 amide bonds. The number of hydrogen-bond acceptors (Lipinski definition) is 5. The van der Waals surface area contributed by atoms with Crippen LogP contribution in [0.25, 0.3) is 11.1 Å². The molecule has 8 heteroatoms. The summed E-state index contributed by atoms with van der Waals surface area (Å²) in [5.74, 6) is -0.900. The summed E-state index contributed by atoms with van der Waals surface area (Å²) in [6.45, 7) is 11.9. The molecule has 2 aliphatic rings. The summed E-state index contributed by atoms with van der Waals surface area (Å²) in [4.78, 5) is 28.4. The van der Waals surface area contributed by atoms with Gasteiger partial charge in [0.2, 0.25) is 0 Å². The van der Waals surface area contributed by atoms with Crippen LogP contribution < -0.4 is 14.4 Å². The molecule has 5 rings (SSSR count). The number of nitrogens with zero attached hydrogens (tertiary/aromatic N) is 1. The van der Waals surface area contributed by atoms with Gasteiger partial charge in [0.15, 0.2) is 17.7 Å². The van der Waals surface area contributed by atoms with Crippen molar-refractivity contribution in [2.75, 3.05) is 25.2 Å². The van der Waals surface area contributed by atoms with Crippen LogP contribution in [0.15, 0.2) is 30.3 Å². The summed E-state index contributed by atoms with van der Waals surface area (Å²) in [6.07, 6.45) is 0.604. The van der Waals surface area contributed by atoms with E-state index in [4.69, 9.17) is 14.2 Å². The minimum atomic E-state index is -1.30. The first-order valence-corrected chi connectivity index (χ1v) is 14.3. The van der Waals surface area contributed by atoms with Crippen molar-refractivity contribution in [3.05, 3.63) is 75.1 Å². The van der Waals surface area contributed by atoms with E-state index in [0.29, 0.717) is 65.2 Å². The van der Waals surface area contributed by atoms with Gasteiger partial charge >= 0.3 is 5.97 Å². The van der Waals surface area contributed by atoms with Crippen molar-refractivity contribution in [1.82, 2.24) is 0 Å². The first kappa shape index (κ1) is 29.6. The second-order valence-electron chi connectivity index (χ2n) is 12.1. The topological polar surface area (TPSA) is 85.3 Å². The molecule has 0 bridgehead atoms. The quantitative estimate of drug-likeness (QED) is 0.344. The van der Waals surface area contributed by atoms with Crippen LogP contribution in [0, 0.1) is 26.6 Å². The van der Waals surface area contributed by atoms with E-state index in [9.17, 15) is 14.7 Å². The van der Waals surface area contributed by atoms with Crippen molar-refractivity contribution in [2.45, 2.75) is 72.5 Å². The highest BCUT2D eigenvalue weighted by molar-refractivity contribution is 6.09. The summed E-state index contributed by atoms with van der Waals surface area (Å²) in [5.41, 5.74) is 5.96. The molecule has 0 spiro atoms. The standard InChI is InChI=1S/C34H38FNO6/c1-18-16-26-23(13-14-36(26)32(37)22-10-8-12-27(40-7)20(22)3)29(28(18)31(33(38)39)42-34(4,5)6)24-17-25(35)30-21(19(24)2)11-9-15-41-30/h8,10,12,16-17,31H,9,11,13-15H2,1-7H3,(H,38,39). The zero-order chi connectivity index (χ0) is 30.5. The van der Waals surface area contributed by atoms with E-state index in [2.05, 4.69) is 0 Å². The van der Waals surface area contributed by atoms with Gasteiger partial charge in [-0.05, 0) is 113 Å². The Morgan fingerprint density at radius 3 is 2.48 bits per heavy atom. The highest BCUT2D eigenvalue weighted by Gasteiger charge is 2.37. The maximum Gasteiger partial charge on any atom is 0.337 e. The molecule has 1 N–H and O–H groups in total. The van der Waals surface area contributed by atoms with Gasteiger partial charge in [-0.25, -0.2) is 9.18 Å². The Morgan fingerprint density at radius 2 is 1.81 bits per heavy atom. The average Bonchev–Trinajstić information content (AvgIpc) is 3.36. The molecule has 3 aromatic rings. The molecule has 0 aromatic heterocycles. The van der Waals surface area contributed by atoms with Gasteiger partial charge in [-0.1, -0.05) is 6.07 Å². The number of carboxylic acids is 1.